The summed E-state index contributed by atoms with van der Waals surface area (Å²) in [6.07, 6.45) is 2.22. The Bertz CT molecular complexity index is 402. The fraction of sp³-hybridized carbons (Fsp3) is 0.250. The number of hydrogen-bond acceptors (Lipinski definition) is 1. The molecule has 92 valence electrons. The van der Waals surface area contributed by atoms with Gasteiger partial charge in [0.25, 0.3) is 8.05 Å². The highest BCUT2D eigenvalue weighted by molar-refractivity contribution is 5.97. The largest absolute Gasteiger partial charge is 0.444 e. The van der Waals surface area contributed by atoms with Crippen molar-refractivity contribution < 1.29 is 4.65 Å². The van der Waals surface area contributed by atoms with Gasteiger partial charge in [0.1, 0.15) is 0 Å². The monoisotopic (exact) mass is 238 g/mol. The predicted molar refractivity (Wildman–Crippen MR) is 78.5 cm³/mol. The molecule has 0 aliphatic rings. The first-order valence-corrected chi connectivity index (χ1v) is 6.50. The summed E-state index contributed by atoms with van der Waals surface area (Å²) in [4.78, 5) is 0. The van der Waals surface area contributed by atoms with Crippen molar-refractivity contribution in [3.05, 3.63) is 71.8 Å². The highest BCUT2D eigenvalue weighted by Gasteiger charge is 2.12. The van der Waals surface area contributed by atoms with E-state index < -0.39 is 0 Å². The number of benzene rings is 2. The highest BCUT2D eigenvalue weighted by Crippen LogP contribution is 2.28. The van der Waals surface area contributed by atoms with Crippen LogP contribution in [-0.4, -0.2) is 14.7 Å². The van der Waals surface area contributed by atoms with Gasteiger partial charge in [-0.05, 0) is 24.0 Å². The van der Waals surface area contributed by atoms with Crippen LogP contribution in [0.15, 0.2) is 60.7 Å². The number of rotatable bonds is 6. The van der Waals surface area contributed by atoms with Crippen LogP contribution < -0.4 is 0 Å². The first-order chi connectivity index (χ1) is 8.92. The molecule has 18 heavy (non-hydrogen) atoms. The Kier molecular flexibility index (Phi) is 5.04. The van der Waals surface area contributed by atoms with Gasteiger partial charge in [-0.3, -0.25) is 0 Å². The van der Waals surface area contributed by atoms with E-state index >= 15 is 0 Å². The molecule has 0 atom stereocenters. The maximum atomic E-state index is 5.16. The Morgan fingerprint density at radius 3 is 1.78 bits per heavy atom. The van der Waals surface area contributed by atoms with E-state index in [1.807, 2.05) is 0 Å². The first kappa shape index (κ1) is 12.9. The third kappa shape index (κ3) is 3.48. The summed E-state index contributed by atoms with van der Waals surface area (Å²) < 4.78 is 5.16. The lowest BCUT2D eigenvalue weighted by atomic mass is 9.87. The summed E-state index contributed by atoms with van der Waals surface area (Å²) in [6, 6.07) is 21.4. The fourth-order valence-electron chi connectivity index (χ4n) is 2.33. The second kappa shape index (κ2) is 7.02. The third-order valence-corrected chi connectivity index (χ3v) is 3.25. The van der Waals surface area contributed by atoms with Crippen molar-refractivity contribution in [2.45, 2.75) is 18.8 Å². The van der Waals surface area contributed by atoms with Gasteiger partial charge >= 0.3 is 0 Å². The standard InChI is InChI=1S/C16H19BO/c17-18-13-7-12-16(14-8-3-1-4-9-14)15-10-5-2-6-11-15/h1-6,8-11,16H,7,12-13,17H2. The summed E-state index contributed by atoms with van der Waals surface area (Å²) >= 11 is 0. The molecule has 2 aromatic carbocycles. The molecule has 2 heteroatoms. The van der Waals surface area contributed by atoms with E-state index in [1.165, 1.54) is 11.1 Å². The Balaban J connectivity index is 2.18. The predicted octanol–water partition coefficient (Wildman–Crippen LogP) is 3.16. The molecule has 0 amide bonds. The normalized spacial score (nSPS) is 10.7. The Morgan fingerprint density at radius 1 is 0.833 bits per heavy atom. The lowest BCUT2D eigenvalue weighted by Crippen LogP contribution is -2.03. The summed E-state index contributed by atoms with van der Waals surface area (Å²) in [7, 11) is 1.76. The van der Waals surface area contributed by atoms with E-state index in [0.717, 1.165) is 19.4 Å². The molecule has 0 radical (unpaired) electrons. The average molecular weight is 238 g/mol. The summed E-state index contributed by atoms with van der Waals surface area (Å²) in [5.74, 6) is 0.475. The summed E-state index contributed by atoms with van der Waals surface area (Å²) in [5, 5.41) is 0. The maximum Gasteiger partial charge on any atom is 0.257 e. The minimum absolute atomic E-state index is 0.475. The van der Waals surface area contributed by atoms with Crippen LogP contribution in [0, 0.1) is 0 Å². The second-order valence-electron chi connectivity index (χ2n) is 4.51. The molecule has 2 rings (SSSR count). The zero-order valence-corrected chi connectivity index (χ0v) is 10.9. The van der Waals surface area contributed by atoms with E-state index in [9.17, 15) is 0 Å². The van der Waals surface area contributed by atoms with Gasteiger partial charge in [0, 0.05) is 12.5 Å². The zero-order valence-electron chi connectivity index (χ0n) is 10.9. The van der Waals surface area contributed by atoms with Crippen LogP contribution in [0.4, 0.5) is 0 Å². The van der Waals surface area contributed by atoms with Crippen molar-refractivity contribution >= 4 is 8.05 Å². The fourth-order valence-corrected chi connectivity index (χ4v) is 2.33. The van der Waals surface area contributed by atoms with Crippen molar-refractivity contribution in [3.8, 4) is 0 Å². The van der Waals surface area contributed by atoms with Crippen molar-refractivity contribution in [3.63, 3.8) is 0 Å². The average Bonchev–Trinajstić information content (AvgIpc) is 2.46. The van der Waals surface area contributed by atoms with Gasteiger partial charge in [-0.25, -0.2) is 0 Å². The van der Waals surface area contributed by atoms with Crippen molar-refractivity contribution in [1.29, 1.82) is 0 Å². The van der Waals surface area contributed by atoms with E-state index in [4.69, 9.17) is 4.65 Å². The molecule has 0 aliphatic carbocycles. The van der Waals surface area contributed by atoms with Gasteiger partial charge in [-0.2, -0.15) is 0 Å². The molecule has 0 saturated carbocycles. The van der Waals surface area contributed by atoms with Crippen LogP contribution in [0.25, 0.3) is 0 Å². The van der Waals surface area contributed by atoms with Crippen molar-refractivity contribution in [1.82, 2.24) is 0 Å². The van der Waals surface area contributed by atoms with Crippen LogP contribution >= 0.6 is 0 Å². The minimum Gasteiger partial charge on any atom is -0.444 e. The SMILES string of the molecule is BOCCCC(c1ccccc1)c1ccccc1. The molecule has 2 aromatic rings. The quantitative estimate of drug-likeness (QED) is 0.554. The van der Waals surface area contributed by atoms with E-state index in [0.29, 0.717) is 5.92 Å². The van der Waals surface area contributed by atoms with E-state index in [1.54, 1.807) is 8.05 Å². The molecule has 1 nitrogen and oxygen atoms in total. The highest BCUT2D eigenvalue weighted by atomic mass is 16.4. The Hall–Kier alpha value is -1.54. The van der Waals surface area contributed by atoms with Crippen molar-refractivity contribution in [2.24, 2.45) is 0 Å². The molecule has 0 unspecified atom stereocenters. The zero-order chi connectivity index (χ0) is 12.6. The first-order valence-electron chi connectivity index (χ1n) is 6.50. The molecule has 0 fully saturated rings. The molecule has 0 N–H and O–H groups in total. The van der Waals surface area contributed by atoms with Crippen LogP contribution in [0.2, 0.25) is 0 Å². The molecule has 0 saturated heterocycles. The van der Waals surface area contributed by atoms with Gasteiger partial charge in [-0.1, -0.05) is 60.7 Å². The smallest absolute Gasteiger partial charge is 0.257 e. The lowest BCUT2D eigenvalue weighted by Gasteiger charge is -2.18. The number of hydrogen-bond donors (Lipinski definition) is 0. The third-order valence-electron chi connectivity index (χ3n) is 3.25. The molecule has 0 bridgehead atoms. The van der Waals surface area contributed by atoms with Crippen LogP contribution in [0.3, 0.4) is 0 Å². The molecular formula is C16H19BO. The minimum atomic E-state index is 0.475. The molecule has 0 heterocycles. The lowest BCUT2D eigenvalue weighted by molar-refractivity contribution is 0.332. The molecular weight excluding hydrogens is 219 g/mol. The molecule has 0 aliphatic heterocycles. The molecule has 0 spiro atoms. The summed E-state index contributed by atoms with van der Waals surface area (Å²) in [5.41, 5.74) is 2.78. The van der Waals surface area contributed by atoms with Crippen LogP contribution in [0.1, 0.15) is 29.9 Å². The van der Waals surface area contributed by atoms with Gasteiger partial charge in [0.15, 0.2) is 0 Å². The Morgan fingerprint density at radius 2 is 1.33 bits per heavy atom. The van der Waals surface area contributed by atoms with Gasteiger partial charge in [0.2, 0.25) is 0 Å². The summed E-state index contributed by atoms with van der Waals surface area (Å²) in [6.45, 7) is 0.830. The van der Waals surface area contributed by atoms with Gasteiger partial charge in [0.05, 0.1) is 0 Å². The van der Waals surface area contributed by atoms with Crippen LogP contribution in [-0.2, 0) is 4.65 Å². The van der Waals surface area contributed by atoms with E-state index in [2.05, 4.69) is 60.7 Å². The van der Waals surface area contributed by atoms with Gasteiger partial charge < -0.3 is 4.65 Å². The van der Waals surface area contributed by atoms with E-state index in [-0.39, 0.29) is 0 Å². The second-order valence-corrected chi connectivity index (χ2v) is 4.51. The van der Waals surface area contributed by atoms with Gasteiger partial charge in [-0.15, -0.1) is 0 Å². The maximum absolute atomic E-state index is 5.16. The van der Waals surface area contributed by atoms with Crippen LogP contribution in [0.5, 0.6) is 0 Å². The topological polar surface area (TPSA) is 9.23 Å². The molecule has 0 aromatic heterocycles. The van der Waals surface area contributed by atoms with Crippen molar-refractivity contribution in [2.75, 3.05) is 6.61 Å². The Labute approximate surface area is 110 Å².